The molecule has 0 spiro atoms. The molecule has 0 radical (unpaired) electrons. The first kappa shape index (κ1) is 18.4. The van der Waals surface area contributed by atoms with E-state index in [0.717, 1.165) is 12.0 Å². The molecule has 128 valence electrons. The molecule has 0 aliphatic heterocycles. The van der Waals surface area contributed by atoms with Crippen molar-refractivity contribution in [1.29, 1.82) is 0 Å². The van der Waals surface area contributed by atoms with Crippen LogP contribution in [0.4, 0.5) is 5.69 Å². The minimum atomic E-state index is -0.299. The highest BCUT2D eigenvalue weighted by atomic mass is 32.2. The van der Waals surface area contributed by atoms with Gasteiger partial charge < -0.3 is 10.6 Å². The second-order valence-corrected chi connectivity index (χ2v) is 7.56. The summed E-state index contributed by atoms with van der Waals surface area (Å²) in [5.41, 5.74) is 1.83. The van der Waals surface area contributed by atoms with Crippen molar-refractivity contribution in [3.05, 3.63) is 34.8 Å². The molecule has 0 fully saturated rings. The van der Waals surface area contributed by atoms with E-state index in [1.165, 1.54) is 23.1 Å². The average Bonchev–Trinajstić information content (AvgIpc) is 3.04. The van der Waals surface area contributed by atoms with Crippen molar-refractivity contribution in [2.24, 2.45) is 0 Å². The van der Waals surface area contributed by atoms with E-state index in [0.29, 0.717) is 10.0 Å². The maximum atomic E-state index is 12.1. The molecule has 1 atom stereocenters. The maximum Gasteiger partial charge on any atom is 0.286 e. The van der Waals surface area contributed by atoms with E-state index in [2.05, 4.69) is 20.8 Å². The highest BCUT2D eigenvalue weighted by Gasteiger charge is 2.14. The van der Waals surface area contributed by atoms with Crippen molar-refractivity contribution in [1.82, 2.24) is 15.5 Å². The monoisotopic (exact) mass is 364 g/mol. The summed E-state index contributed by atoms with van der Waals surface area (Å²) in [6.07, 6.45) is 0.887. The lowest BCUT2D eigenvalue weighted by molar-refractivity contribution is -0.119. The number of carbonyl (C=O) groups excluding carboxylic acids is 2. The van der Waals surface area contributed by atoms with E-state index < -0.39 is 0 Å². The molecule has 8 heteroatoms. The SMILES string of the molecule is CCC(C)NC(=O)CSc1nnc(C(=O)Nc2ccc(C)cc2)s1. The molecule has 1 aromatic carbocycles. The number of aromatic nitrogens is 2. The van der Waals surface area contributed by atoms with Crippen molar-refractivity contribution in [2.75, 3.05) is 11.1 Å². The molecular formula is C16H20N4O2S2. The predicted octanol–water partition coefficient (Wildman–Crippen LogP) is 3.11. The first-order valence-corrected chi connectivity index (χ1v) is 9.41. The van der Waals surface area contributed by atoms with Gasteiger partial charge in [0.25, 0.3) is 5.91 Å². The number of nitrogens with one attached hydrogen (secondary N) is 2. The highest BCUT2D eigenvalue weighted by molar-refractivity contribution is 8.01. The number of thioether (sulfide) groups is 1. The van der Waals surface area contributed by atoms with Crippen LogP contribution in [0.1, 0.15) is 35.6 Å². The minimum Gasteiger partial charge on any atom is -0.353 e. The molecule has 6 nitrogen and oxygen atoms in total. The fourth-order valence-corrected chi connectivity index (χ4v) is 3.29. The predicted molar refractivity (Wildman–Crippen MR) is 97.7 cm³/mol. The van der Waals surface area contributed by atoms with Crippen LogP contribution in [0, 0.1) is 6.92 Å². The molecule has 0 aliphatic rings. The Balaban J connectivity index is 1.86. The van der Waals surface area contributed by atoms with Crippen molar-refractivity contribution >= 4 is 40.6 Å². The third-order valence-electron chi connectivity index (χ3n) is 3.26. The number of aryl methyl sites for hydroxylation is 1. The third kappa shape index (κ3) is 5.61. The topological polar surface area (TPSA) is 84.0 Å². The third-order valence-corrected chi connectivity index (χ3v) is 5.31. The molecule has 1 aromatic heterocycles. The number of nitrogens with zero attached hydrogens (tertiary/aromatic N) is 2. The van der Waals surface area contributed by atoms with Crippen LogP contribution < -0.4 is 10.6 Å². The number of carbonyl (C=O) groups is 2. The second kappa shape index (κ2) is 8.79. The van der Waals surface area contributed by atoms with Crippen LogP contribution in [0.15, 0.2) is 28.6 Å². The van der Waals surface area contributed by atoms with Crippen molar-refractivity contribution in [3.8, 4) is 0 Å². The Morgan fingerprint density at radius 3 is 2.62 bits per heavy atom. The maximum absolute atomic E-state index is 12.1. The molecule has 0 aliphatic carbocycles. The summed E-state index contributed by atoms with van der Waals surface area (Å²) in [5.74, 6) is -0.0825. The zero-order chi connectivity index (χ0) is 17.5. The van der Waals surface area contributed by atoms with Gasteiger partial charge in [-0.05, 0) is 32.4 Å². The van der Waals surface area contributed by atoms with Gasteiger partial charge in [-0.2, -0.15) is 0 Å². The standard InChI is InChI=1S/C16H20N4O2S2/c1-4-11(3)17-13(21)9-23-16-20-19-15(24-16)14(22)18-12-7-5-10(2)6-8-12/h5-8,11H,4,9H2,1-3H3,(H,17,21)(H,18,22). The summed E-state index contributed by atoms with van der Waals surface area (Å²) in [5, 5.41) is 13.8. The molecular weight excluding hydrogens is 344 g/mol. The van der Waals surface area contributed by atoms with E-state index in [1.54, 1.807) is 0 Å². The van der Waals surface area contributed by atoms with Crippen LogP contribution in [0.25, 0.3) is 0 Å². The molecule has 2 N–H and O–H groups in total. The molecule has 0 saturated carbocycles. The van der Waals surface area contributed by atoms with Crippen LogP contribution in [-0.4, -0.2) is 33.8 Å². The number of rotatable bonds is 7. The van der Waals surface area contributed by atoms with E-state index >= 15 is 0 Å². The van der Waals surface area contributed by atoms with Crippen LogP contribution in [0.2, 0.25) is 0 Å². The van der Waals surface area contributed by atoms with E-state index in [-0.39, 0.29) is 28.6 Å². The number of hydrogen-bond donors (Lipinski definition) is 2. The first-order chi connectivity index (χ1) is 11.5. The molecule has 0 saturated heterocycles. The lowest BCUT2D eigenvalue weighted by atomic mass is 10.2. The van der Waals surface area contributed by atoms with Gasteiger partial charge in [-0.25, -0.2) is 0 Å². The van der Waals surface area contributed by atoms with Crippen LogP contribution in [0.5, 0.6) is 0 Å². The van der Waals surface area contributed by atoms with Crippen molar-refractivity contribution in [3.63, 3.8) is 0 Å². The van der Waals surface area contributed by atoms with E-state index in [1.807, 2.05) is 45.0 Å². The van der Waals surface area contributed by atoms with Crippen LogP contribution >= 0.6 is 23.1 Å². The van der Waals surface area contributed by atoms with Crippen LogP contribution in [0.3, 0.4) is 0 Å². The molecule has 1 unspecified atom stereocenters. The van der Waals surface area contributed by atoms with Crippen molar-refractivity contribution < 1.29 is 9.59 Å². The Bertz CT molecular complexity index is 700. The van der Waals surface area contributed by atoms with Crippen molar-refractivity contribution in [2.45, 2.75) is 37.6 Å². The Morgan fingerprint density at radius 1 is 1.25 bits per heavy atom. The zero-order valence-electron chi connectivity index (χ0n) is 13.8. The molecule has 2 amide bonds. The van der Waals surface area contributed by atoms with E-state index in [9.17, 15) is 9.59 Å². The van der Waals surface area contributed by atoms with Gasteiger partial charge in [0.15, 0.2) is 4.34 Å². The normalized spacial score (nSPS) is 11.8. The molecule has 1 heterocycles. The Kier molecular flexibility index (Phi) is 6.74. The quantitative estimate of drug-likeness (QED) is 0.738. The number of hydrogen-bond acceptors (Lipinski definition) is 6. The average molecular weight is 364 g/mol. The highest BCUT2D eigenvalue weighted by Crippen LogP contribution is 2.23. The Labute approximate surface area is 149 Å². The largest absolute Gasteiger partial charge is 0.353 e. The summed E-state index contributed by atoms with van der Waals surface area (Å²) in [6, 6.07) is 7.68. The van der Waals surface area contributed by atoms with Gasteiger partial charge >= 0.3 is 0 Å². The summed E-state index contributed by atoms with van der Waals surface area (Å²) >= 11 is 2.46. The molecule has 2 rings (SSSR count). The summed E-state index contributed by atoms with van der Waals surface area (Å²) in [6.45, 7) is 5.96. The summed E-state index contributed by atoms with van der Waals surface area (Å²) in [7, 11) is 0. The van der Waals surface area contributed by atoms with Crippen LogP contribution in [-0.2, 0) is 4.79 Å². The Hall–Kier alpha value is -1.93. The Morgan fingerprint density at radius 2 is 1.96 bits per heavy atom. The van der Waals surface area contributed by atoms with Gasteiger partial charge in [0, 0.05) is 11.7 Å². The summed E-state index contributed by atoms with van der Waals surface area (Å²) in [4.78, 5) is 23.9. The number of benzene rings is 1. The van der Waals surface area contributed by atoms with Gasteiger partial charge in [0.2, 0.25) is 10.9 Å². The number of anilines is 1. The fourth-order valence-electron chi connectivity index (χ4n) is 1.73. The summed E-state index contributed by atoms with van der Waals surface area (Å²) < 4.78 is 0.600. The van der Waals surface area contributed by atoms with Gasteiger partial charge in [-0.15, -0.1) is 10.2 Å². The number of amides is 2. The molecule has 0 bridgehead atoms. The second-order valence-electron chi connectivity index (χ2n) is 5.36. The minimum absolute atomic E-state index is 0.0461. The van der Waals surface area contributed by atoms with Gasteiger partial charge in [0.05, 0.1) is 5.75 Å². The zero-order valence-corrected chi connectivity index (χ0v) is 15.5. The van der Waals surface area contributed by atoms with Gasteiger partial charge in [-0.3, -0.25) is 9.59 Å². The lowest BCUT2D eigenvalue weighted by Gasteiger charge is -2.09. The fraction of sp³-hybridized carbons (Fsp3) is 0.375. The van der Waals surface area contributed by atoms with Gasteiger partial charge in [0.1, 0.15) is 0 Å². The molecule has 24 heavy (non-hydrogen) atoms. The van der Waals surface area contributed by atoms with Gasteiger partial charge in [-0.1, -0.05) is 47.7 Å². The van der Waals surface area contributed by atoms with E-state index in [4.69, 9.17) is 0 Å². The lowest BCUT2D eigenvalue weighted by Crippen LogP contribution is -2.33. The molecule has 2 aromatic rings. The smallest absolute Gasteiger partial charge is 0.286 e. The first-order valence-electron chi connectivity index (χ1n) is 7.61.